The smallest absolute Gasteiger partial charge is 0.151 e. The molecule has 2 aromatic rings. The summed E-state index contributed by atoms with van der Waals surface area (Å²) in [5, 5.41) is 0. The second kappa shape index (κ2) is 7.44. The Labute approximate surface area is 114 Å². The van der Waals surface area contributed by atoms with Crippen LogP contribution < -0.4 is 0 Å². The molecular weight excluding hydrogens is 236 g/mol. The highest BCUT2D eigenvalue weighted by molar-refractivity contribution is 5.39. The van der Waals surface area contributed by atoms with E-state index in [2.05, 4.69) is 22.1 Å². The zero-order valence-corrected chi connectivity index (χ0v) is 11.1. The summed E-state index contributed by atoms with van der Waals surface area (Å²) in [6.45, 7) is 3.35. The van der Waals surface area contributed by atoms with E-state index in [1.807, 2.05) is 49.7 Å². The average Bonchev–Trinajstić information content (AvgIpc) is 2.46. The summed E-state index contributed by atoms with van der Waals surface area (Å²) in [6.07, 6.45) is 8.46. The van der Waals surface area contributed by atoms with Crippen LogP contribution in [-0.4, -0.2) is 16.6 Å². The van der Waals surface area contributed by atoms with Crippen LogP contribution in [0.4, 0.5) is 0 Å². The summed E-state index contributed by atoms with van der Waals surface area (Å²) >= 11 is 0. The first kappa shape index (κ1) is 13.4. The predicted molar refractivity (Wildman–Crippen MR) is 76.5 cm³/mol. The zero-order valence-electron chi connectivity index (χ0n) is 11.1. The van der Waals surface area contributed by atoms with Crippen LogP contribution in [0.25, 0.3) is 6.08 Å². The molecule has 0 radical (unpaired) electrons. The van der Waals surface area contributed by atoms with Gasteiger partial charge in [0.15, 0.2) is 5.82 Å². The number of hydrogen-bond acceptors (Lipinski definition) is 3. The number of aromatic nitrogens is 2. The molecule has 0 saturated carbocycles. The fraction of sp³-hybridized carbons (Fsp3) is 0.250. The monoisotopic (exact) mass is 254 g/mol. The van der Waals surface area contributed by atoms with Crippen molar-refractivity contribution in [2.75, 3.05) is 6.61 Å². The van der Waals surface area contributed by atoms with Gasteiger partial charge in [-0.25, -0.2) is 9.97 Å². The summed E-state index contributed by atoms with van der Waals surface area (Å²) in [5.74, 6) is 0.744. The molecule has 98 valence electrons. The quantitative estimate of drug-likeness (QED) is 0.741. The molecule has 0 aliphatic rings. The Morgan fingerprint density at radius 3 is 2.58 bits per heavy atom. The van der Waals surface area contributed by atoms with Gasteiger partial charge >= 0.3 is 0 Å². The lowest BCUT2D eigenvalue weighted by molar-refractivity contribution is 0.125. The van der Waals surface area contributed by atoms with Crippen LogP contribution >= 0.6 is 0 Å². The maximum absolute atomic E-state index is 5.58. The second-order valence-electron chi connectivity index (χ2n) is 4.35. The van der Waals surface area contributed by atoms with Gasteiger partial charge in [0.1, 0.15) is 0 Å². The predicted octanol–water partition coefficient (Wildman–Crippen LogP) is 3.41. The third-order valence-electron chi connectivity index (χ3n) is 2.61. The molecule has 0 atom stereocenters. The first-order valence-corrected chi connectivity index (χ1v) is 6.41. The molecule has 19 heavy (non-hydrogen) atoms. The van der Waals surface area contributed by atoms with Crippen LogP contribution in [0.3, 0.4) is 0 Å². The molecule has 0 N–H and O–H groups in total. The highest BCUT2D eigenvalue weighted by atomic mass is 16.5. The van der Waals surface area contributed by atoms with Crippen LogP contribution in [0.1, 0.15) is 23.4 Å². The van der Waals surface area contributed by atoms with Gasteiger partial charge in [-0.2, -0.15) is 0 Å². The van der Waals surface area contributed by atoms with Crippen LogP contribution in [-0.2, 0) is 11.3 Å². The number of nitrogens with zero attached hydrogens (tertiary/aromatic N) is 2. The highest BCUT2D eigenvalue weighted by Crippen LogP contribution is 2.02. The third kappa shape index (κ3) is 5.02. The second-order valence-corrected chi connectivity index (χ2v) is 4.35. The standard InChI is InChI=1S/C16H18N2O/c1-14-11-17-16(18-12-14)9-5-6-10-19-13-15-7-3-2-4-8-15/h2-5,7-9,11-12H,6,10,13H2,1H3. The van der Waals surface area contributed by atoms with Gasteiger partial charge in [0.05, 0.1) is 13.2 Å². The first-order valence-electron chi connectivity index (χ1n) is 6.41. The van der Waals surface area contributed by atoms with E-state index >= 15 is 0 Å². The molecule has 3 heteroatoms. The minimum Gasteiger partial charge on any atom is -0.376 e. The Kier molecular flexibility index (Phi) is 5.26. The first-order chi connectivity index (χ1) is 9.34. The normalized spacial score (nSPS) is 11.0. The molecule has 0 amide bonds. The highest BCUT2D eigenvalue weighted by Gasteiger charge is 1.91. The summed E-state index contributed by atoms with van der Waals surface area (Å²) in [5.41, 5.74) is 2.27. The number of rotatable bonds is 6. The van der Waals surface area contributed by atoms with Crippen molar-refractivity contribution >= 4 is 6.08 Å². The molecule has 0 aliphatic carbocycles. The summed E-state index contributed by atoms with van der Waals surface area (Å²) in [7, 11) is 0. The van der Waals surface area contributed by atoms with E-state index in [9.17, 15) is 0 Å². The Bertz CT molecular complexity index is 506. The van der Waals surface area contributed by atoms with Crippen LogP contribution in [0.15, 0.2) is 48.8 Å². The maximum atomic E-state index is 5.58. The van der Waals surface area contributed by atoms with Crippen molar-refractivity contribution in [3.8, 4) is 0 Å². The number of hydrogen-bond donors (Lipinski definition) is 0. The van der Waals surface area contributed by atoms with Gasteiger partial charge in [-0.15, -0.1) is 0 Å². The number of benzene rings is 1. The minimum absolute atomic E-state index is 0.662. The molecule has 0 unspecified atom stereocenters. The van der Waals surface area contributed by atoms with Crippen LogP contribution in [0.2, 0.25) is 0 Å². The summed E-state index contributed by atoms with van der Waals surface area (Å²) < 4.78 is 5.58. The molecule has 1 heterocycles. The van der Waals surface area contributed by atoms with Crippen LogP contribution in [0.5, 0.6) is 0 Å². The largest absolute Gasteiger partial charge is 0.376 e. The SMILES string of the molecule is Cc1cnc(C=CCCOCc2ccccc2)nc1. The van der Waals surface area contributed by atoms with Crippen molar-refractivity contribution in [3.63, 3.8) is 0 Å². The van der Waals surface area contributed by atoms with Gasteiger partial charge in [-0.1, -0.05) is 36.4 Å². The van der Waals surface area contributed by atoms with Crippen molar-refractivity contribution in [1.29, 1.82) is 0 Å². The fourth-order valence-corrected chi connectivity index (χ4v) is 1.59. The van der Waals surface area contributed by atoms with Gasteiger partial charge in [0.25, 0.3) is 0 Å². The Morgan fingerprint density at radius 1 is 1.11 bits per heavy atom. The number of ether oxygens (including phenoxy) is 1. The lowest BCUT2D eigenvalue weighted by Gasteiger charge is -2.01. The molecule has 3 nitrogen and oxygen atoms in total. The van der Waals surface area contributed by atoms with E-state index in [1.165, 1.54) is 5.56 Å². The molecule has 0 spiro atoms. The summed E-state index contributed by atoms with van der Waals surface area (Å²) in [4.78, 5) is 8.41. The molecule has 1 aromatic carbocycles. The zero-order chi connectivity index (χ0) is 13.3. The molecule has 2 rings (SSSR count). The van der Waals surface area contributed by atoms with Gasteiger partial charge in [0, 0.05) is 12.4 Å². The lowest BCUT2D eigenvalue weighted by atomic mass is 10.2. The van der Waals surface area contributed by atoms with Crippen LogP contribution in [0, 0.1) is 6.92 Å². The van der Waals surface area contributed by atoms with Crippen molar-refractivity contribution in [3.05, 3.63) is 65.8 Å². The molecule has 0 saturated heterocycles. The Balaban J connectivity index is 1.65. The minimum atomic E-state index is 0.662. The van der Waals surface area contributed by atoms with E-state index in [0.29, 0.717) is 13.2 Å². The van der Waals surface area contributed by atoms with Gasteiger partial charge < -0.3 is 4.74 Å². The van der Waals surface area contributed by atoms with Crippen molar-refractivity contribution in [2.24, 2.45) is 0 Å². The number of aryl methyl sites for hydroxylation is 1. The molecule has 0 aliphatic heterocycles. The third-order valence-corrected chi connectivity index (χ3v) is 2.61. The van der Waals surface area contributed by atoms with Crippen molar-refractivity contribution in [2.45, 2.75) is 20.0 Å². The molecular formula is C16H18N2O. The van der Waals surface area contributed by atoms with Gasteiger partial charge in [-0.05, 0) is 30.5 Å². The average molecular weight is 254 g/mol. The summed E-state index contributed by atoms with van der Waals surface area (Å²) in [6, 6.07) is 10.2. The van der Waals surface area contributed by atoms with Crippen molar-refractivity contribution < 1.29 is 4.74 Å². The van der Waals surface area contributed by atoms with E-state index in [1.54, 1.807) is 0 Å². The maximum Gasteiger partial charge on any atom is 0.151 e. The van der Waals surface area contributed by atoms with Gasteiger partial charge in [0.2, 0.25) is 0 Å². The lowest BCUT2D eigenvalue weighted by Crippen LogP contribution is -1.94. The van der Waals surface area contributed by atoms with Gasteiger partial charge in [-0.3, -0.25) is 0 Å². The van der Waals surface area contributed by atoms with E-state index < -0.39 is 0 Å². The van der Waals surface area contributed by atoms with E-state index in [-0.39, 0.29) is 0 Å². The molecule has 1 aromatic heterocycles. The Morgan fingerprint density at radius 2 is 1.84 bits per heavy atom. The van der Waals surface area contributed by atoms with E-state index in [0.717, 1.165) is 17.8 Å². The van der Waals surface area contributed by atoms with Crippen molar-refractivity contribution in [1.82, 2.24) is 9.97 Å². The Hall–Kier alpha value is -2.00. The van der Waals surface area contributed by atoms with E-state index in [4.69, 9.17) is 4.74 Å². The topological polar surface area (TPSA) is 35.0 Å². The molecule has 0 fully saturated rings. The fourth-order valence-electron chi connectivity index (χ4n) is 1.59. The molecule has 0 bridgehead atoms.